The van der Waals surface area contributed by atoms with Gasteiger partial charge in [0.25, 0.3) is 5.91 Å². The number of nitrogens with two attached hydrogens (primary N) is 1. The highest BCUT2D eigenvalue weighted by Crippen LogP contribution is 2.48. The Bertz CT molecular complexity index is 1120. The number of halogens is 3. The Morgan fingerprint density at radius 2 is 2.00 bits per heavy atom. The smallest absolute Gasteiger partial charge is 0.387 e. The van der Waals surface area contributed by atoms with Gasteiger partial charge in [0.15, 0.2) is 18.2 Å². The molecule has 4 rings (SSSR count). The van der Waals surface area contributed by atoms with E-state index in [1.807, 2.05) is 0 Å². The van der Waals surface area contributed by atoms with Gasteiger partial charge in [0, 0.05) is 12.6 Å². The van der Waals surface area contributed by atoms with Crippen LogP contribution >= 0.6 is 0 Å². The van der Waals surface area contributed by atoms with Gasteiger partial charge in [-0.15, -0.1) is 0 Å². The number of aliphatic imine (C=N–C) groups is 1. The number of benzene rings is 2. The van der Waals surface area contributed by atoms with E-state index in [0.29, 0.717) is 22.3 Å². The van der Waals surface area contributed by atoms with E-state index in [-0.39, 0.29) is 23.5 Å². The van der Waals surface area contributed by atoms with Crippen LogP contribution in [0.15, 0.2) is 47.5 Å². The van der Waals surface area contributed by atoms with Crippen LogP contribution in [0.25, 0.3) is 0 Å². The van der Waals surface area contributed by atoms with Crippen molar-refractivity contribution < 1.29 is 22.7 Å². The highest BCUT2D eigenvalue weighted by atomic mass is 19.3. The molecule has 2 aromatic carbocycles. The summed E-state index contributed by atoms with van der Waals surface area (Å²) in [5.74, 6) is 4.89. The van der Waals surface area contributed by atoms with E-state index in [0.717, 1.165) is 12.8 Å². The first-order chi connectivity index (χ1) is 14.9. The van der Waals surface area contributed by atoms with Crippen molar-refractivity contribution in [1.82, 2.24) is 4.90 Å². The molecule has 1 unspecified atom stereocenters. The van der Waals surface area contributed by atoms with Gasteiger partial charge < -0.3 is 10.5 Å². The van der Waals surface area contributed by atoms with Gasteiger partial charge in [0.05, 0.1) is 0 Å². The second kappa shape index (κ2) is 7.99. The number of carbonyl (C=O) groups excluding carboxylic acids is 1. The summed E-state index contributed by atoms with van der Waals surface area (Å²) in [5.41, 5.74) is 6.62. The van der Waals surface area contributed by atoms with E-state index >= 15 is 0 Å². The summed E-state index contributed by atoms with van der Waals surface area (Å²) in [5, 5.41) is 0. The van der Waals surface area contributed by atoms with Crippen molar-refractivity contribution in [2.24, 2.45) is 10.7 Å². The van der Waals surface area contributed by atoms with Crippen molar-refractivity contribution in [3.05, 3.63) is 64.7 Å². The molecule has 2 aromatic rings. The van der Waals surface area contributed by atoms with Gasteiger partial charge in [-0.3, -0.25) is 9.69 Å². The van der Waals surface area contributed by atoms with Crippen LogP contribution in [0, 0.1) is 11.8 Å². The lowest BCUT2D eigenvalue weighted by Gasteiger charge is -2.27. The van der Waals surface area contributed by atoms with Crippen LogP contribution in [0.4, 0.5) is 13.2 Å². The lowest BCUT2D eigenvalue weighted by molar-refractivity contribution is -0.129. The number of likely N-dealkylation sites (N-methyl/N-ethyl adjacent to an activating group) is 1. The third-order valence-electron chi connectivity index (χ3n) is 5.48. The summed E-state index contributed by atoms with van der Waals surface area (Å²) in [4.78, 5) is 19.2. The third kappa shape index (κ3) is 3.72. The maximum Gasteiger partial charge on any atom is 0.387 e. The van der Waals surface area contributed by atoms with E-state index in [1.54, 1.807) is 36.4 Å². The molecule has 0 aromatic heterocycles. The highest BCUT2D eigenvalue weighted by molar-refractivity contribution is 6.09. The molecule has 0 saturated heterocycles. The number of alkyl halides is 3. The molecular weight excluding hydrogens is 407 g/mol. The van der Waals surface area contributed by atoms with Gasteiger partial charge >= 0.3 is 6.61 Å². The van der Waals surface area contributed by atoms with E-state index in [9.17, 15) is 18.0 Å². The normalized spacial score (nSPS) is 20.5. The van der Waals surface area contributed by atoms with Gasteiger partial charge in [0.2, 0.25) is 0 Å². The summed E-state index contributed by atoms with van der Waals surface area (Å²) >= 11 is 0. The number of ether oxygens (including phenoxy) is 1. The van der Waals surface area contributed by atoms with Crippen molar-refractivity contribution in [2.75, 3.05) is 13.7 Å². The summed E-state index contributed by atoms with van der Waals surface area (Å²) in [7, 11) is 1.52. The topological polar surface area (TPSA) is 67.9 Å². The molecule has 1 fully saturated rings. The van der Waals surface area contributed by atoms with Crippen molar-refractivity contribution in [3.8, 4) is 17.6 Å². The SMILES string of the molecule is CN1C(=O)C(c2cccc(C#CCF)c2)(c2ccc(OC(F)F)c(C3CC3)c2)N=C1N. The van der Waals surface area contributed by atoms with Gasteiger partial charge in [-0.2, -0.15) is 8.78 Å². The fourth-order valence-corrected chi connectivity index (χ4v) is 3.83. The number of amides is 1. The predicted molar refractivity (Wildman–Crippen MR) is 110 cm³/mol. The molecule has 1 saturated carbocycles. The summed E-state index contributed by atoms with van der Waals surface area (Å²) in [6.07, 6.45) is 1.70. The monoisotopic (exact) mass is 427 g/mol. The van der Waals surface area contributed by atoms with E-state index in [1.165, 1.54) is 18.0 Å². The Morgan fingerprint density at radius 3 is 2.61 bits per heavy atom. The molecule has 31 heavy (non-hydrogen) atoms. The molecule has 2 N–H and O–H groups in total. The Balaban J connectivity index is 1.90. The molecule has 1 aliphatic carbocycles. The number of hydrogen-bond donors (Lipinski definition) is 1. The summed E-state index contributed by atoms with van der Waals surface area (Å²) in [6.45, 7) is -3.74. The van der Waals surface area contributed by atoms with Gasteiger partial charge in [-0.1, -0.05) is 30.0 Å². The van der Waals surface area contributed by atoms with Gasteiger partial charge in [-0.25, -0.2) is 9.38 Å². The Labute approximate surface area is 177 Å². The van der Waals surface area contributed by atoms with Crippen LogP contribution in [-0.4, -0.2) is 37.1 Å². The number of nitrogens with zero attached hydrogens (tertiary/aromatic N) is 2. The first kappa shape index (κ1) is 20.8. The zero-order valence-corrected chi connectivity index (χ0v) is 16.7. The molecule has 1 amide bonds. The minimum atomic E-state index is -2.95. The molecule has 1 atom stereocenters. The van der Waals surface area contributed by atoms with Crippen LogP contribution in [0.2, 0.25) is 0 Å². The van der Waals surface area contributed by atoms with E-state index < -0.39 is 18.8 Å². The molecule has 1 heterocycles. The molecular formula is C23H20F3N3O2. The average molecular weight is 427 g/mol. The molecule has 0 spiro atoms. The van der Waals surface area contributed by atoms with Crippen LogP contribution in [-0.2, 0) is 10.3 Å². The zero-order chi connectivity index (χ0) is 22.2. The first-order valence-corrected chi connectivity index (χ1v) is 9.75. The predicted octanol–water partition coefficient (Wildman–Crippen LogP) is 3.52. The minimum Gasteiger partial charge on any atom is -0.435 e. The zero-order valence-electron chi connectivity index (χ0n) is 16.7. The molecule has 0 radical (unpaired) electrons. The van der Waals surface area contributed by atoms with Crippen molar-refractivity contribution in [1.29, 1.82) is 0 Å². The van der Waals surface area contributed by atoms with Crippen LogP contribution in [0.5, 0.6) is 5.75 Å². The second-order valence-corrected chi connectivity index (χ2v) is 7.47. The molecule has 0 bridgehead atoms. The number of hydrogen-bond acceptors (Lipinski definition) is 4. The second-order valence-electron chi connectivity index (χ2n) is 7.47. The third-order valence-corrected chi connectivity index (χ3v) is 5.48. The van der Waals surface area contributed by atoms with Crippen molar-refractivity contribution >= 4 is 11.9 Å². The maximum atomic E-state index is 13.4. The lowest BCUT2D eigenvalue weighted by atomic mass is 9.81. The van der Waals surface area contributed by atoms with E-state index in [4.69, 9.17) is 10.5 Å². The fourth-order valence-electron chi connectivity index (χ4n) is 3.83. The number of guanidine groups is 1. The van der Waals surface area contributed by atoms with Crippen LogP contribution in [0.3, 0.4) is 0 Å². The number of rotatable bonds is 5. The Hall–Kier alpha value is -3.47. The largest absolute Gasteiger partial charge is 0.435 e. The first-order valence-electron chi connectivity index (χ1n) is 9.75. The minimum absolute atomic E-state index is 0.0334. The van der Waals surface area contributed by atoms with Gasteiger partial charge in [0.1, 0.15) is 5.75 Å². The molecule has 8 heteroatoms. The van der Waals surface area contributed by atoms with Crippen molar-refractivity contribution in [2.45, 2.75) is 30.9 Å². The van der Waals surface area contributed by atoms with E-state index in [2.05, 4.69) is 16.8 Å². The van der Waals surface area contributed by atoms with Crippen LogP contribution in [0.1, 0.15) is 41.0 Å². The standard InChI is InChI=1S/C23H20F3N3O2/c1-29-20(30)23(28-22(29)27,16-6-2-4-14(12-16)5-3-11-24)17-9-10-19(31-21(25)26)18(13-17)15-7-8-15/h2,4,6,9-10,12-13,15,21H,7-8,11H2,1H3,(H2,27,28). The van der Waals surface area contributed by atoms with Crippen molar-refractivity contribution in [3.63, 3.8) is 0 Å². The molecule has 1 aliphatic heterocycles. The number of carbonyl (C=O) groups is 1. The molecule has 5 nitrogen and oxygen atoms in total. The molecule has 2 aliphatic rings. The summed E-state index contributed by atoms with van der Waals surface area (Å²) < 4.78 is 42.9. The maximum absolute atomic E-state index is 13.4. The van der Waals surface area contributed by atoms with Gasteiger partial charge in [-0.05, 0) is 59.7 Å². The molecule has 160 valence electrons. The highest BCUT2D eigenvalue weighted by Gasteiger charge is 2.50. The average Bonchev–Trinajstić information content (AvgIpc) is 3.57. The Morgan fingerprint density at radius 1 is 1.26 bits per heavy atom. The Kier molecular flexibility index (Phi) is 5.36. The summed E-state index contributed by atoms with van der Waals surface area (Å²) in [6, 6.07) is 11.5. The van der Waals surface area contributed by atoms with Crippen LogP contribution < -0.4 is 10.5 Å². The lowest BCUT2D eigenvalue weighted by Crippen LogP contribution is -2.41. The quantitative estimate of drug-likeness (QED) is 0.743. The fraction of sp³-hybridized carbons (Fsp3) is 0.304.